The molecule has 0 aliphatic carbocycles. The fourth-order valence-corrected chi connectivity index (χ4v) is 3.84. The SMILES string of the molecule is Cc1ccc(SCc2[nH]nc3c2[C@H](c2ccoc2)C(C#N)=C(N)O3)cc1. The summed E-state index contributed by atoms with van der Waals surface area (Å²) in [6, 6.07) is 12.3. The number of hydrogen-bond donors (Lipinski definition) is 2. The van der Waals surface area contributed by atoms with Crippen molar-refractivity contribution in [3.05, 3.63) is 76.7 Å². The molecule has 26 heavy (non-hydrogen) atoms. The van der Waals surface area contributed by atoms with E-state index in [9.17, 15) is 5.26 Å². The molecular weight excluding hydrogens is 348 g/mol. The maximum Gasteiger partial charge on any atom is 0.244 e. The monoisotopic (exact) mass is 364 g/mol. The number of aromatic amines is 1. The van der Waals surface area contributed by atoms with Crippen LogP contribution < -0.4 is 10.5 Å². The molecule has 0 bridgehead atoms. The van der Waals surface area contributed by atoms with E-state index >= 15 is 0 Å². The first kappa shape index (κ1) is 16.4. The lowest BCUT2D eigenvalue weighted by Crippen LogP contribution is -2.21. The molecule has 1 aromatic carbocycles. The van der Waals surface area contributed by atoms with Gasteiger partial charge in [-0.25, -0.2) is 0 Å². The van der Waals surface area contributed by atoms with Crippen LogP contribution in [0.4, 0.5) is 0 Å². The van der Waals surface area contributed by atoms with Gasteiger partial charge in [-0.1, -0.05) is 17.7 Å². The minimum atomic E-state index is -0.352. The molecule has 3 aromatic rings. The average molecular weight is 364 g/mol. The van der Waals surface area contributed by atoms with Crippen LogP contribution in [-0.2, 0) is 5.75 Å². The lowest BCUT2D eigenvalue weighted by atomic mass is 9.85. The van der Waals surface area contributed by atoms with E-state index in [4.69, 9.17) is 14.9 Å². The molecule has 3 N–H and O–H groups in total. The normalized spacial score (nSPS) is 16.1. The highest BCUT2D eigenvalue weighted by atomic mass is 32.2. The van der Waals surface area contributed by atoms with E-state index in [0.717, 1.165) is 21.7 Å². The van der Waals surface area contributed by atoms with E-state index < -0.39 is 0 Å². The number of fused-ring (bicyclic) bond motifs is 1. The number of rotatable bonds is 4. The van der Waals surface area contributed by atoms with E-state index in [1.807, 2.05) is 6.07 Å². The summed E-state index contributed by atoms with van der Waals surface area (Å²) in [4.78, 5) is 1.16. The quantitative estimate of drug-likeness (QED) is 0.683. The van der Waals surface area contributed by atoms with Crippen molar-refractivity contribution in [2.45, 2.75) is 23.5 Å². The van der Waals surface area contributed by atoms with E-state index in [2.05, 4.69) is 47.5 Å². The highest BCUT2D eigenvalue weighted by Crippen LogP contribution is 2.44. The zero-order chi connectivity index (χ0) is 18.1. The fourth-order valence-electron chi connectivity index (χ4n) is 2.98. The predicted molar refractivity (Wildman–Crippen MR) is 97.3 cm³/mol. The summed E-state index contributed by atoms with van der Waals surface area (Å²) in [6.07, 6.45) is 3.20. The van der Waals surface area contributed by atoms with Crippen LogP contribution in [0.15, 0.2) is 63.6 Å². The van der Waals surface area contributed by atoms with Crippen molar-refractivity contribution in [1.29, 1.82) is 5.26 Å². The summed E-state index contributed by atoms with van der Waals surface area (Å²) in [5.74, 6) is 0.805. The molecule has 6 nitrogen and oxygen atoms in total. The van der Waals surface area contributed by atoms with Gasteiger partial charge in [-0.2, -0.15) is 5.26 Å². The van der Waals surface area contributed by atoms with Gasteiger partial charge >= 0.3 is 0 Å². The summed E-state index contributed by atoms with van der Waals surface area (Å²) in [5, 5.41) is 16.9. The van der Waals surface area contributed by atoms with E-state index in [-0.39, 0.29) is 11.8 Å². The molecule has 1 aliphatic rings. The number of aryl methyl sites for hydroxylation is 1. The summed E-state index contributed by atoms with van der Waals surface area (Å²) in [5.41, 5.74) is 10.1. The number of hydrogen-bond acceptors (Lipinski definition) is 6. The van der Waals surface area contributed by atoms with Crippen molar-refractivity contribution >= 4 is 11.8 Å². The number of aromatic nitrogens is 2. The van der Waals surface area contributed by atoms with Crippen LogP contribution in [0, 0.1) is 18.3 Å². The molecule has 0 unspecified atom stereocenters. The highest BCUT2D eigenvalue weighted by Gasteiger charge is 2.35. The first-order chi connectivity index (χ1) is 12.7. The first-order valence-electron chi connectivity index (χ1n) is 8.03. The van der Waals surface area contributed by atoms with E-state index in [0.29, 0.717) is 17.2 Å². The van der Waals surface area contributed by atoms with Gasteiger partial charge in [0, 0.05) is 16.2 Å². The van der Waals surface area contributed by atoms with Gasteiger partial charge in [0.15, 0.2) is 0 Å². The fraction of sp³-hybridized carbons (Fsp3) is 0.158. The molecule has 130 valence electrons. The Morgan fingerprint density at radius 3 is 2.81 bits per heavy atom. The Morgan fingerprint density at radius 2 is 2.12 bits per heavy atom. The van der Waals surface area contributed by atoms with Crippen molar-refractivity contribution in [2.75, 3.05) is 0 Å². The maximum absolute atomic E-state index is 9.58. The third kappa shape index (κ3) is 2.85. The molecule has 2 aromatic heterocycles. The van der Waals surface area contributed by atoms with Crippen LogP contribution in [0.3, 0.4) is 0 Å². The van der Waals surface area contributed by atoms with E-state index in [1.54, 1.807) is 24.3 Å². The third-order valence-corrected chi connectivity index (χ3v) is 5.34. The summed E-state index contributed by atoms with van der Waals surface area (Å²) < 4.78 is 10.8. The number of allylic oxidation sites excluding steroid dienone is 1. The Labute approximate surface area is 154 Å². The number of nitrogens with two attached hydrogens (primary N) is 1. The molecular formula is C19H16N4O2S. The van der Waals surface area contributed by atoms with Crippen molar-refractivity contribution in [3.8, 4) is 11.9 Å². The highest BCUT2D eigenvalue weighted by molar-refractivity contribution is 7.98. The zero-order valence-corrected chi connectivity index (χ0v) is 14.8. The van der Waals surface area contributed by atoms with Gasteiger partial charge in [-0.15, -0.1) is 16.9 Å². The van der Waals surface area contributed by atoms with Gasteiger partial charge in [0.05, 0.1) is 29.7 Å². The standard InChI is InChI=1S/C19H16N4O2S/c1-11-2-4-13(5-3-11)26-10-15-17-16(12-6-7-24-9-12)14(8-20)18(21)25-19(17)23-22-15/h2-7,9,16H,10,21H2,1H3,(H,22,23)/t16-/m1/s1. The molecule has 0 saturated carbocycles. The van der Waals surface area contributed by atoms with E-state index in [1.165, 1.54) is 5.56 Å². The number of furan rings is 1. The summed E-state index contributed by atoms with van der Waals surface area (Å²) >= 11 is 1.69. The van der Waals surface area contributed by atoms with Crippen LogP contribution in [0.1, 0.15) is 28.3 Å². The van der Waals surface area contributed by atoms with Crippen LogP contribution in [0.5, 0.6) is 5.88 Å². The minimum absolute atomic E-state index is 0.0791. The topological polar surface area (TPSA) is 101 Å². The van der Waals surface area contributed by atoms with Crippen molar-refractivity contribution in [1.82, 2.24) is 10.2 Å². The second-order valence-corrected chi connectivity index (χ2v) is 7.05. The Balaban J connectivity index is 1.69. The van der Waals surface area contributed by atoms with Crippen molar-refractivity contribution in [2.24, 2.45) is 5.73 Å². The van der Waals surface area contributed by atoms with Crippen LogP contribution in [0.25, 0.3) is 0 Å². The van der Waals surface area contributed by atoms with Crippen molar-refractivity contribution in [3.63, 3.8) is 0 Å². The van der Waals surface area contributed by atoms with Gasteiger partial charge in [-0.3, -0.25) is 5.10 Å². The molecule has 0 radical (unpaired) electrons. The number of ether oxygens (including phenoxy) is 1. The molecule has 1 aliphatic heterocycles. The number of nitrogens with zero attached hydrogens (tertiary/aromatic N) is 2. The molecule has 0 spiro atoms. The number of thioether (sulfide) groups is 1. The van der Waals surface area contributed by atoms with Gasteiger partial charge < -0.3 is 14.9 Å². The average Bonchev–Trinajstić information content (AvgIpc) is 3.30. The molecule has 1 atom stereocenters. The summed E-state index contributed by atoms with van der Waals surface area (Å²) in [6.45, 7) is 2.06. The Kier molecular flexibility index (Phi) is 4.19. The molecule has 7 heteroatoms. The number of nitrogens with one attached hydrogen (secondary N) is 1. The van der Waals surface area contributed by atoms with Gasteiger partial charge in [0.2, 0.25) is 11.8 Å². The smallest absolute Gasteiger partial charge is 0.244 e. The molecule has 0 saturated heterocycles. The third-order valence-electron chi connectivity index (χ3n) is 4.30. The Morgan fingerprint density at radius 1 is 1.31 bits per heavy atom. The lowest BCUT2D eigenvalue weighted by molar-refractivity contribution is 0.378. The predicted octanol–water partition coefficient (Wildman–Crippen LogP) is 3.82. The second-order valence-electron chi connectivity index (χ2n) is 6.00. The maximum atomic E-state index is 9.58. The lowest BCUT2D eigenvalue weighted by Gasteiger charge is -2.22. The zero-order valence-electron chi connectivity index (χ0n) is 14.0. The number of nitriles is 1. The van der Waals surface area contributed by atoms with Gasteiger partial charge in [0.1, 0.15) is 11.6 Å². The van der Waals surface area contributed by atoms with Crippen LogP contribution >= 0.6 is 11.8 Å². The number of benzene rings is 1. The minimum Gasteiger partial charge on any atom is -0.472 e. The molecule has 0 amide bonds. The van der Waals surface area contributed by atoms with Gasteiger partial charge in [0.25, 0.3) is 0 Å². The van der Waals surface area contributed by atoms with Gasteiger partial charge in [-0.05, 0) is 25.1 Å². The second kappa shape index (κ2) is 6.65. The molecule has 3 heterocycles. The first-order valence-corrected chi connectivity index (χ1v) is 9.02. The van der Waals surface area contributed by atoms with Crippen LogP contribution in [-0.4, -0.2) is 10.2 Å². The van der Waals surface area contributed by atoms with Crippen molar-refractivity contribution < 1.29 is 9.15 Å². The molecule has 0 fully saturated rings. The largest absolute Gasteiger partial charge is 0.472 e. The summed E-state index contributed by atoms with van der Waals surface area (Å²) in [7, 11) is 0. The Bertz CT molecular complexity index is 997. The molecule has 4 rings (SSSR count). The number of H-pyrrole nitrogens is 1. The Hall–Kier alpha value is -3.11. The van der Waals surface area contributed by atoms with Crippen LogP contribution in [0.2, 0.25) is 0 Å².